The molecule has 0 spiro atoms. The summed E-state index contributed by atoms with van der Waals surface area (Å²) in [4.78, 5) is 34.2. The van der Waals surface area contributed by atoms with E-state index in [4.69, 9.17) is 4.74 Å². The quantitative estimate of drug-likeness (QED) is 0.239. The number of urea groups is 1. The molecule has 3 heterocycles. The molecule has 2 aliphatic heterocycles. The van der Waals surface area contributed by atoms with Crippen molar-refractivity contribution in [2.45, 2.75) is 38.3 Å². The van der Waals surface area contributed by atoms with Crippen LogP contribution in [0.5, 0.6) is 11.5 Å². The molecular formula is C28H32N4O4. The van der Waals surface area contributed by atoms with Crippen molar-refractivity contribution in [1.82, 2.24) is 20.1 Å². The first-order chi connectivity index (χ1) is 17.4. The van der Waals surface area contributed by atoms with Crippen molar-refractivity contribution in [2.75, 3.05) is 26.2 Å². The van der Waals surface area contributed by atoms with E-state index >= 15 is 0 Å². The number of carbonyl (C=O) groups is 2. The predicted octanol–water partition coefficient (Wildman–Crippen LogP) is 4.11. The number of hydrogen-bond acceptors (Lipinski definition) is 5. The number of H-pyrrole nitrogens is 1. The van der Waals surface area contributed by atoms with Crippen molar-refractivity contribution in [3.05, 3.63) is 71.9 Å². The first kappa shape index (κ1) is 23.9. The van der Waals surface area contributed by atoms with Gasteiger partial charge in [-0.25, -0.2) is 4.79 Å². The van der Waals surface area contributed by atoms with E-state index in [0.717, 1.165) is 33.5 Å². The first-order valence-electron chi connectivity index (χ1n) is 12.4. The van der Waals surface area contributed by atoms with Crippen molar-refractivity contribution in [3.63, 3.8) is 0 Å². The lowest BCUT2D eigenvalue weighted by molar-refractivity contribution is -0.133. The second-order valence-electron chi connectivity index (χ2n) is 9.56. The minimum Gasteiger partial charge on any atom is -0.508 e. The van der Waals surface area contributed by atoms with E-state index in [1.165, 1.54) is 4.90 Å². The van der Waals surface area contributed by atoms with E-state index < -0.39 is 11.6 Å². The maximum atomic E-state index is 13.8. The fraction of sp³-hybridized carbons (Fsp3) is 0.357. The minimum absolute atomic E-state index is 0.110. The van der Waals surface area contributed by atoms with Gasteiger partial charge in [0.15, 0.2) is 0 Å². The summed E-state index contributed by atoms with van der Waals surface area (Å²) in [6.07, 6.45) is 2.82. The fourth-order valence-corrected chi connectivity index (χ4v) is 5.55. The smallest absolute Gasteiger partial charge is 0.328 e. The molecule has 0 bridgehead atoms. The summed E-state index contributed by atoms with van der Waals surface area (Å²) in [6, 6.07) is 11.9. The Labute approximate surface area is 210 Å². The fourth-order valence-electron chi connectivity index (χ4n) is 5.55. The number of rotatable bonds is 9. The summed E-state index contributed by atoms with van der Waals surface area (Å²) in [5, 5.41) is 14.5. The zero-order valence-electron chi connectivity index (χ0n) is 20.7. The third-order valence-corrected chi connectivity index (χ3v) is 7.16. The molecule has 3 amide bonds. The predicted molar refractivity (Wildman–Crippen MR) is 138 cm³/mol. The number of ether oxygens (including phenoxy) is 1. The number of aromatic amines is 1. The van der Waals surface area contributed by atoms with Gasteiger partial charge in [0.25, 0.3) is 5.91 Å². The number of benzene rings is 2. The van der Waals surface area contributed by atoms with Crippen LogP contribution in [0, 0.1) is 0 Å². The lowest BCUT2D eigenvalue weighted by atomic mass is 9.81. The van der Waals surface area contributed by atoms with Crippen LogP contribution in [0.3, 0.4) is 0 Å². The molecule has 36 heavy (non-hydrogen) atoms. The van der Waals surface area contributed by atoms with Crippen LogP contribution < -0.4 is 10.1 Å². The van der Waals surface area contributed by atoms with Crippen molar-refractivity contribution in [1.29, 1.82) is 0 Å². The average molecular weight is 489 g/mol. The highest BCUT2D eigenvalue weighted by atomic mass is 16.5. The number of phenolic OH excluding ortho intramolecular Hbond substituents is 1. The Balaban J connectivity index is 1.60. The van der Waals surface area contributed by atoms with Crippen LogP contribution in [0.15, 0.2) is 55.1 Å². The van der Waals surface area contributed by atoms with Gasteiger partial charge < -0.3 is 20.1 Å². The van der Waals surface area contributed by atoms with E-state index in [1.54, 1.807) is 29.2 Å². The van der Waals surface area contributed by atoms with Crippen LogP contribution in [0.1, 0.15) is 43.1 Å². The molecule has 8 heteroatoms. The van der Waals surface area contributed by atoms with Gasteiger partial charge in [-0.05, 0) is 68.3 Å². The monoisotopic (exact) mass is 488 g/mol. The van der Waals surface area contributed by atoms with Crippen LogP contribution in [0.4, 0.5) is 4.79 Å². The lowest BCUT2D eigenvalue weighted by Gasteiger charge is -2.42. The van der Waals surface area contributed by atoms with Crippen LogP contribution in [-0.2, 0) is 11.2 Å². The highest BCUT2D eigenvalue weighted by molar-refractivity contribution is 6.08. The molecule has 5 rings (SSSR count). The molecule has 0 aliphatic carbocycles. The molecule has 2 unspecified atom stereocenters. The molecule has 1 saturated heterocycles. The zero-order chi connectivity index (χ0) is 25.4. The Morgan fingerprint density at radius 2 is 2.11 bits per heavy atom. The van der Waals surface area contributed by atoms with Crippen molar-refractivity contribution < 1.29 is 19.4 Å². The number of phenols is 1. The largest absolute Gasteiger partial charge is 0.508 e. The van der Waals surface area contributed by atoms with Crippen molar-refractivity contribution in [2.24, 2.45) is 0 Å². The summed E-state index contributed by atoms with van der Waals surface area (Å²) in [6.45, 7) is 9.74. The molecule has 2 aliphatic rings. The molecular weight excluding hydrogens is 456 g/mol. The zero-order valence-corrected chi connectivity index (χ0v) is 20.7. The SMILES string of the molecule is C=CCNCCCN1C(=O)N2C(c3cccc(O)c3)c3[nH]c4ccc(OCC)cc4c3CC2(C)C1=O. The van der Waals surface area contributed by atoms with Gasteiger partial charge in [0.2, 0.25) is 0 Å². The van der Waals surface area contributed by atoms with Crippen molar-refractivity contribution >= 4 is 22.8 Å². The van der Waals surface area contributed by atoms with E-state index in [1.807, 2.05) is 38.1 Å². The molecule has 8 nitrogen and oxygen atoms in total. The summed E-state index contributed by atoms with van der Waals surface area (Å²) in [5.74, 6) is 0.678. The van der Waals surface area contributed by atoms with Crippen LogP contribution in [0.2, 0.25) is 0 Å². The minimum atomic E-state index is -1.05. The van der Waals surface area contributed by atoms with Gasteiger partial charge >= 0.3 is 6.03 Å². The normalized spacial score (nSPS) is 21.1. The first-order valence-corrected chi connectivity index (χ1v) is 12.4. The summed E-state index contributed by atoms with van der Waals surface area (Å²) < 4.78 is 5.74. The Hall–Kier alpha value is -3.78. The highest BCUT2D eigenvalue weighted by Gasteiger charge is 2.60. The Kier molecular flexibility index (Phi) is 6.22. The number of hydrogen-bond donors (Lipinski definition) is 3. The number of imide groups is 1. The van der Waals surface area contributed by atoms with Gasteiger partial charge in [0, 0.05) is 36.1 Å². The molecule has 1 aromatic heterocycles. The number of fused-ring (bicyclic) bond motifs is 4. The number of nitrogens with zero attached hydrogens (tertiary/aromatic N) is 2. The third kappa shape index (κ3) is 3.82. The molecule has 2 atom stereocenters. The average Bonchev–Trinajstić information content (AvgIpc) is 3.30. The maximum absolute atomic E-state index is 13.8. The number of carbonyl (C=O) groups excluding carboxylic acids is 2. The van der Waals surface area contributed by atoms with Gasteiger partial charge in [-0.15, -0.1) is 6.58 Å². The second-order valence-corrected chi connectivity index (χ2v) is 9.56. The molecule has 188 valence electrons. The van der Waals surface area contributed by atoms with Crippen LogP contribution in [0.25, 0.3) is 10.9 Å². The van der Waals surface area contributed by atoms with Gasteiger partial charge in [-0.2, -0.15) is 0 Å². The van der Waals surface area contributed by atoms with E-state index in [0.29, 0.717) is 39.1 Å². The van der Waals surface area contributed by atoms with Crippen molar-refractivity contribution in [3.8, 4) is 11.5 Å². The van der Waals surface area contributed by atoms with Gasteiger partial charge in [0.1, 0.15) is 23.1 Å². The molecule has 3 N–H and O–H groups in total. The molecule has 2 aromatic carbocycles. The highest BCUT2D eigenvalue weighted by Crippen LogP contribution is 2.49. The van der Waals surface area contributed by atoms with Gasteiger partial charge in [0.05, 0.1) is 6.61 Å². The topological polar surface area (TPSA) is 97.9 Å². The molecule has 3 aromatic rings. The number of aromatic nitrogens is 1. The summed E-state index contributed by atoms with van der Waals surface area (Å²) >= 11 is 0. The summed E-state index contributed by atoms with van der Waals surface area (Å²) in [5.41, 5.74) is 2.47. The van der Waals surface area contributed by atoms with Gasteiger partial charge in [-0.3, -0.25) is 14.6 Å². The number of aromatic hydroxyl groups is 1. The molecule has 0 saturated carbocycles. The standard InChI is InChI=1S/C28H32N4O4/c1-4-12-29-13-7-14-31-26(34)28(3)17-22-21-16-20(36-5-2)10-11-23(21)30-24(22)25(32(28)27(31)35)18-8-6-9-19(33)15-18/h4,6,8-11,15-16,25,29-30,33H,1,5,7,12-14,17H2,2-3H3. The lowest BCUT2D eigenvalue weighted by Crippen LogP contribution is -2.53. The van der Waals surface area contributed by atoms with Gasteiger partial charge in [-0.1, -0.05) is 18.2 Å². The Morgan fingerprint density at radius 3 is 2.86 bits per heavy atom. The molecule has 0 radical (unpaired) electrons. The van der Waals surface area contributed by atoms with E-state index in [-0.39, 0.29) is 17.7 Å². The van der Waals surface area contributed by atoms with E-state index in [2.05, 4.69) is 16.9 Å². The number of amides is 3. The molecule has 1 fully saturated rings. The van der Waals surface area contributed by atoms with Crippen LogP contribution >= 0.6 is 0 Å². The summed E-state index contributed by atoms with van der Waals surface area (Å²) in [7, 11) is 0. The maximum Gasteiger partial charge on any atom is 0.328 e. The number of nitrogens with one attached hydrogen (secondary N) is 2. The Bertz CT molecular complexity index is 1330. The Morgan fingerprint density at radius 1 is 1.28 bits per heavy atom. The van der Waals surface area contributed by atoms with E-state index in [9.17, 15) is 14.7 Å². The van der Waals surface area contributed by atoms with Crippen LogP contribution in [-0.4, -0.2) is 63.6 Å². The third-order valence-electron chi connectivity index (χ3n) is 7.16. The second kappa shape index (κ2) is 9.35.